The number of rotatable bonds is 5. The van der Waals surface area contributed by atoms with Gasteiger partial charge in [-0.05, 0) is 93.5 Å². The molecule has 0 saturated carbocycles. The lowest BCUT2D eigenvalue weighted by atomic mass is 9.87. The number of hydrogen-bond acceptors (Lipinski definition) is 6. The molecule has 1 saturated heterocycles. The Bertz CT molecular complexity index is 1540. The monoisotopic (exact) mass is 571 g/mol. The van der Waals surface area contributed by atoms with Crippen molar-refractivity contribution in [2.75, 3.05) is 6.54 Å². The van der Waals surface area contributed by atoms with Crippen molar-refractivity contribution in [3.8, 4) is 34.4 Å². The van der Waals surface area contributed by atoms with Crippen molar-refractivity contribution >= 4 is 6.09 Å². The summed E-state index contributed by atoms with van der Waals surface area (Å²) in [5, 5.41) is 0. The molecule has 0 aliphatic carbocycles. The largest absolute Gasteiger partial charge is 0.444 e. The third-order valence-corrected chi connectivity index (χ3v) is 7.14. The molecule has 1 fully saturated rings. The van der Waals surface area contributed by atoms with Gasteiger partial charge in [-0.1, -0.05) is 32.9 Å². The van der Waals surface area contributed by atoms with Crippen LogP contribution in [0.5, 0.6) is 11.8 Å². The maximum atomic E-state index is 13.8. The fourth-order valence-corrected chi connectivity index (χ4v) is 5.05. The van der Waals surface area contributed by atoms with E-state index in [1.54, 1.807) is 35.6 Å². The van der Waals surface area contributed by atoms with Crippen LogP contribution in [0.1, 0.15) is 72.5 Å². The number of likely N-dealkylation sites (tertiary alicyclic amines) is 1. The van der Waals surface area contributed by atoms with Gasteiger partial charge in [-0.25, -0.2) is 19.2 Å². The van der Waals surface area contributed by atoms with Crippen LogP contribution in [-0.2, 0) is 10.2 Å². The van der Waals surface area contributed by atoms with E-state index in [0.717, 1.165) is 24.8 Å². The molecule has 4 aromatic rings. The summed E-state index contributed by atoms with van der Waals surface area (Å²) in [6.07, 6.45) is 5.19. The van der Waals surface area contributed by atoms with Crippen LogP contribution in [0, 0.1) is 5.82 Å². The first-order valence-corrected chi connectivity index (χ1v) is 14.3. The van der Waals surface area contributed by atoms with Crippen LogP contribution in [0.15, 0.2) is 67.1 Å². The van der Waals surface area contributed by atoms with E-state index in [4.69, 9.17) is 19.4 Å². The minimum absolute atomic E-state index is 0.0242. The minimum atomic E-state index is -0.625. The molecule has 5 rings (SSSR count). The van der Waals surface area contributed by atoms with Crippen LogP contribution >= 0.6 is 0 Å². The summed E-state index contributed by atoms with van der Waals surface area (Å²) < 4.78 is 27.6. The average molecular weight is 572 g/mol. The lowest BCUT2D eigenvalue weighted by molar-refractivity contribution is -0.000909. The SMILES string of the molecule is CC(C)(C)OC(=O)N1CCCCC1n1cnc(-c2ccc(F)cc2)c1-c1ccnc(Oc2ccc(C(C)(C)C)cc2)n1. The highest BCUT2D eigenvalue weighted by molar-refractivity contribution is 5.77. The fourth-order valence-electron chi connectivity index (χ4n) is 5.05. The predicted octanol–water partition coefficient (Wildman–Crippen LogP) is 8.16. The van der Waals surface area contributed by atoms with Crippen molar-refractivity contribution in [2.45, 2.75) is 78.0 Å². The summed E-state index contributed by atoms with van der Waals surface area (Å²) in [6, 6.07) is 16.0. The van der Waals surface area contributed by atoms with Crippen molar-refractivity contribution in [1.29, 1.82) is 0 Å². The normalized spacial score (nSPS) is 15.9. The number of carbonyl (C=O) groups is 1. The van der Waals surface area contributed by atoms with Gasteiger partial charge < -0.3 is 14.0 Å². The Labute approximate surface area is 246 Å². The highest BCUT2D eigenvalue weighted by Gasteiger charge is 2.34. The molecule has 220 valence electrons. The van der Waals surface area contributed by atoms with Gasteiger partial charge in [0, 0.05) is 18.3 Å². The minimum Gasteiger partial charge on any atom is -0.444 e. The molecule has 42 heavy (non-hydrogen) atoms. The first-order chi connectivity index (χ1) is 19.9. The maximum absolute atomic E-state index is 13.8. The average Bonchev–Trinajstić information content (AvgIpc) is 3.38. The highest BCUT2D eigenvalue weighted by atomic mass is 19.1. The zero-order chi connectivity index (χ0) is 30.1. The first kappa shape index (κ1) is 29.2. The Kier molecular flexibility index (Phi) is 8.03. The quantitative estimate of drug-likeness (QED) is 0.240. The third kappa shape index (κ3) is 6.61. The van der Waals surface area contributed by atoms with E-state index in [2.05, 4.69) is 25.8 Å². The molecule has 2 aromatic carbocycles. The number of nitrogens with zero attached hydrogens (tertiary/aromatic N) is 5. The van der Waals surface area contributed by atoms with E-state index in [-0.39, 0.29) is 29.5 Å². The Morgan fingerprint density at radius 3 is 2.31 bits per heavy atom. The maximum Gasteiger partial charge on any atom is 0.411 e. The van der Waals surface area contributed by atoms with E-state index in [0.29, 0.717) is 29.4 Å². The number of imidazole rings is 1. The van der Waals surface area contributed by atoms with Crippen molar-refractivity contribution in [1.82, 2.24) is 24.4 Å². The molecule has 3 heterocycles. The smallest absolute Gasteiger partial charge is 0.411 e. The molecular formula is C33H38FN5O3. The summed E-state index contributed by atoms with van der Waals surface area (Å²) in [7, 11) is 0. The van der Waals surface area contributed by atoms with Gasteiger partial charge in [-0.3, -0.25) is 4.90 Å². The van der Waals surface area contributed by atoms with Crippen LogP contribution in [-0.4, -0.2) is 42.7 Å². The molecule has 1 amide bonds. The molecule has 0 radical (unpaired) electrons. The van der Waals surface area contributed by atoms with Gasteiger partial charge in [-0.15, -0.1) is 0 Å². The lowest BCUT2D eigenvalue weighted by Crippen LogP contribution is -2.44. The van der Waals surface area contributed by atoms with Gasteiger partial charge in [0.25, 0.3) is 0 Å². The van der Waals surface area contributed by atoms with Crippen LogP contribution < -0.4 is 4.74 Å². The summed E-state index contributed by atoms with van der Waals surface area (Å²) in [4.78, 5) is 28.9. The van der Waals surface area contributed by atoms with Crippen LogP contribution in [0.2, 0.25) is 0 Å². The van der Waals surface area contributed by atoms with Gasteiger partial charge >= 0.3 is 12.1 Å². The Morgan fingerprint density at radius 2 is 1.64 bits per heavy atom. The molecule has 9 heteroatoms. The Morgan fingerprint density at radius 1 is 0.929 bits per heavy atom. The topological polar surface area (TPSA) is 82.4 Å². The summed E-state index contributed by atoms with van der Waals surface area (Å²) in [5.74, 6) is 0.286. The molecule has 8 nitrogen and oxygen atoms in total. The molecule has 0 spiro atoms. The Balaban J connectivity index is 1.55. The van der Waals surface area contributed by atoms with E-state index in [9.17, 15) is 9.18 Å². The van der Waals surface area contributed by atoms with Gasteiger partial charge in [0.05, 0.1) is 23.4 Å². The van der Waals surface area contributed by atoms with Crippen molar-refractivity contribution in [3.63, 3.8) is 0 Å². The van der Waals surface area contributed by atoms with Crippen LogP contribution in [0.4, 0.5) is 9.18 Å². The molecule has 0 N–H and O–H groups in total. The predicted molar refractivity (Wildman–Crippen MR) is 160 cm³/mol. The molecule has 2 aromatic heterocycles. The van der Waals surface area contributed by atoms with Crippen molar-refractivity contribution in [2.24, 2.45) is 0 Å². The molecule has 1 atom stereocenters. The number of aromatic nitrogens is 4. The number of ether oxygens (including phenoxy) is 2. The number of benzene rings is 2. The Hall–Kier alpha value is -4.27. The summed E-state index contributed by atoms with van der Waals surface area (Å²) in [5.41, 5.74) is 3.18. The summed E-state index contributed by atoms with van der Waals surface area (Å²) in [6.45, 7) is 12.6. The van der Waals surface area contributed by atoms with Crippen molar-refractivity contribution in [3.05, 3.63) is 78.5 Å². The molecular weight excluding hydrogens is 533 g/mol. The number of carbonyl (C=O) groups excluding carboxylic acids is 1. The van der Waals surface area contributed by atoms with E-state index >= 15 is 0 Å². The van der Waals surface area contributed by atoms with E-state index in [1.165, 1.54) is 17.7 Å². The van der Waals surface area contributed by atoms with Crippen LogP contribution in [0.3, 0.4) is 0 Å². The van der Waals surface area contributed by atoms with Crippen LogP contribution in [0.25, 0.3) is 22.6 Å². The van der Waals surface area contributed by atoms with Gasteiger partial charge in [0.2, 0.25) is 0 Å². The van der Waals surface area contributed by atoms with E-state index in [1.807, 2.05) is 49.6 Å². The van der Waals surface area contributed by atoms with Gasteiger partial charge in [0.1, 0.15) is 23.3 Å². The second-order valence-electron chi connectivity index (χ2n) is 12.6. The molecule has 0 bridgehead atoms. The van der Waals surface area contributed by atoms with Crippen molar-refractivity contribution < 1.29 is 18.7 Å². The fraction of sp³-hybridized carbons (Fsp3) is 0.394. The second-order valence-corrected chi connectivity index (χ2v) is 12.6. The lowest BCUT2D eigenvalue weighted by Gasteiger charge is -2.38. The molecule has 1 aliphatic rings. The number of piperidine rings is 1. The molecule has 1 unspecified atom stereocenters. The number of hydrogen-bond donors (Lipinski definition) is 0. The zero-order valence-corrected chi connectivity index (χ0v) is 25.1. The second kappa shape index (κ2) is 11.5. The number of halogens is 1. The van der Waals surface area contributed by atoms with Gasteiger partial charge in [-0.2, -0.15) is 4.98 Å². The number of amides is 1. The first-order valence-electron chi connectivity index (χ1n) is 14.3. The highest BCUT2D eigenvalue weighted by Crippen LogP contribution is 2.37. The summed E-state index contributed by atoms with van der Waals surface area (Å²) >= 11 is 0. The van der Waals surface area contributed by atoms with Gasteiger partial charge in [0.15, 0.2) is 0 Å². The zero-order valence-electron chi connectivity index (χ0n) is 25.1. The van der Waals surface area contributed by atoms with E-state index < -0.39 is 5.60 Å². The third-order valence-electron chi connectivity index (χ3n) is 7.14. The molecule has 1 aliphatic heterocycles. The standard InChI is InChI=1S/C33H38FN5O3/c1-32(2,3)23-12-16-25(17-13-23)41-30-35-19-18-26(37-30)29-28(22-10-14-24(34)15-11-22)36-21-39(29)27-9-7-8-20-38(27)31(40)42-33(4,5)6/h10-19,21,27H,7-9,20H2,1-6H3.